The number of carbonyl (C=O) groups excluding carboxylic acids is 1. The molecule has 150 valence electrons. The number of halogens is 2. The van der Waals surface area contributed by atoms with E-state index in [1.807, 2.05) is 29.2 Å². The van der Waals surface area contributed by atoms with Crippen molar-refractivity contribution in [3.8, 4) is 0 Å². The molecular formula is C22H27ClFN3O. The highest BCUT2D eigenvalue weighted by molar-refractivity contribution is 6.30. The molecule has 3 unspecified atom stereocenters. The fourth-order valence-corrected chi connectivity index (χ4v) is 3.85. The van der Waals surface area contributed by atoms with Crippen molar-refractivity contribution in [1.29, 1.82) is 0 Å². The minimum Gasteiger partial charge on any atom is -0.337 e. The fraction of sp³-hybridized carbons (Fsp3) is 0.409. The number of nitrogens with two attached hydrogens (primary N) is 1. The normalized spacial score (nSPS) is 21.5. The lowest BCUT2D eigenvalue weighted by Crippen LogP contribution is -2.57. The first-order valence-electron chi connectivity index (χ1n) is 9.62. The van der Waals surface area contributed by atoms with Crippen LogP contribution >= 0.6 is 11.6 Å². The second kappa shape index (κ2) is 9.03. The van der Waals surface area contributed by atoms with E-state index in [0.29, 0.717) is 11.6 Å². The van der Waals surface area contributed by atoms with Gasteiger partial charge in [0.05, 0.1) is 0 Å². The third-order valence-corrected chi connectivity index (χ3v) is 5.68. The van der Waals surface area contributed by atoms with Crippen LogP contribution in [0.15, 0.2) is 48.5 Å². The van der Waals surface area contributed by atoms with Crippen LogP contribution < -0.4 is 5.73 Å². The minimum atomic E-state index is -0.343. The Morgan fingerprint density at radius 2 is 1.75 bits per heavy atom. The van der Waals surface area contributed by atoms with Crippen molar-refractivity contribution < 1.29 is 9.18 Å². The van der Waals surface area contributed by atoms with Gasteiger partial charge in [-0.3, -0.25) is 9.69 Å². The highest BCUT2D eigenvalue weighted by Crippen LogP contribution is 2.22. The highest BCUT2D eigenvalue weighted by Gasteiger charge is 2.32. The van der Waals surface area contributed by atoms with Crippen LogP contribution in [-0.2, 0) is 11.3 Å². The number of rotatable bonds is 5. The van der Waals surface area contributed by atoms with E-state index in [1.54, 1.807) is 12.1 Å². The van der Waals surface area contributed by atoms with Crippen LogP contribution in [0.5, 0.6) is 0 Å². The van der Waals surface area contributed by atoms with Gasteiger partial charge in [-0.1, -0.05) is 35.9 Å². The van der Waals surface area contributed by atoms with Crippen LogP contribution in [0.1, 0.15) is 37.4 Å². The van der Waals surface area contributed by atoms with E-state index in [0.717, 1.165) is 24.2 Å². The summed E-state index contributed by atoms with van der Waals surface area (Å²) in [6, 6.07) is 13.9. The largest absolute Gasteiger partial charge is 0.337 e. The van der Waals surface area contributed by atoms with Crippen molar-refractivity contribution in [1.82, 2.24) is 9.80 Å². The van der Waals surface area contributed by atoms with Crippen molar-refractivity contribution in [2.24, 2.45) is 5.73 Å². The average Bonchev–Trinajstić information content (AvgIpc) is 2.66. The van der Waals surface area contributed by atoms with Crippen LogP contribution in [-0.4, -0.2) is 40.9 Å². The zero-order valence-corrected chi connectivity index (χ0v) is 17.1. The van der Waals surface area contributed by atoms with E-state index in [9.17, 15) is 9.18 Å². The third kappa shape index (κ3) is 5.10. The summed E-state index contributed by atoms with van der Waals surface area (Å²) in [6.07, 6.45) is 0.274. The molecule has 1 amide bonds. The van der Waals surface area contributed by atoms with Gasteiger partial charge < -0.3 is 10.6 Å². The van der Waals surface area contributed by atoms with Crippen molar-refractivity contribution >= 4 is 17.5 Å². The molecule has 1 saturated heterocycles. The van der Waals surface area contributed by atoms with Gasteiger partial charge in [0, 0.05) is 49.2 Å². The topological polar surface area (TPSA) is 49.6 Å². The van der Waals surface area contributed by atoms with Gasteiger partial charge in [0.25, 0.3) is 0 Å². The third-order valence-electron chi connectivity index (χ3n) is 5.43. The maximum atomic E-state index is 13.1. The van der Waals surface area contributed by atoms with E-state index in [4.69, 9.17) is 17.3 Å². The Hall–Kier alpha value is -1.95. The monoisotopic (exact) mass is 403 g/mol. The molecule has 2 aromatic carbocycles. The van der Waals surface area contributed by atoms with Gasteiger partial charge in [-0.15, -0.1) is 0 Å². The molecule has 1 fully saturated rings. The molecule has 0 aromatic heterocycles. The molecule has 4 nitrogen and oxygen atoms in total. The Labute approximate surface area is 171 Å². The first kappa shape index (κ1) is 20.8. The lowest BCUT2D eigenvalue weighted by molar-refractivity contribution is -0.137. The number of hydrogen-bond acceptors (Lipinski definition) is 3. The van der Waals surface area contributed by atoms with Crippen LogP contribution in [0.25, 0.3) is 0 Å². The second-order valence-electron chi connectivity index (χ2n) is 7.66. The van der Waals surface area contributed by atoms with Crippen molar-refractivity contribution in [2.75, 3.05) is 13.1 Å². The summed E-state index contributed by atoms with van der Waals surface area (Å²) in [5, 5.41) is 0.655. The Kier molecular flexibility index (Phi) is 6.70. The SMILES string of the molecule is CC1CN(C(=O)CC(N)c2ccc(Cl)cc2)C(C)CN1Cc1ccc(F)cc1. The number of piperazine rings is 1. The van der Waals surface area contributed by atoms with Gasteiger partial charge in [-0.25, -0.2) is 4.39 Å². The van der Waals surface area contributed by atoms with E-state index in [-0.39, 0.29) is 36.3 Å². The van der Waals surface area contributed by atoms with Crippen molar-refractivity contribution in [2.45, 2.75) is 44.9 Å². The van der Waals surface area contributed by atoms with Gasteiger partial charge in [0.15, 0.2) is 0 Å². The predicted octanol–water partition coefficient (Wildman–Crippen LogP) is 3.99. The minimum absolute atomic E-state index is 0.0724. The Balaban J connectivity index is 1.59. The zero-order valence-electron chi connectivity index (χ0n) is 16.3. The molecule has 0 aliphatic carbocycles. The van der Waals surface area contributed by atoms with Gasteiger partial charge >= 0.3 is 0 Å². The summed E-state index contributed by atoms with van der Waals surface area (Å²) in [5.74, 6) is -0.152. The summed E-state index contributed by atoms with van der Waals surface area (Å²) in [4.78, 5) is 17.1. The van der Waals surface area contributed by atoms with Crippen LogP contribution in [0, 0.1) is 5.82 Å². The van der Waals surface area contributed by atoms with Gasteiger partial charge in [0.1, 0.15) is 5.82 Å². The summed E-state index contributed by atoms with van der Waals surface area (Å²) >= 11 is 5.92. The van der Waals surface area contributed by atoms with Gasteiger partial charge in [-0.2, -0.15) is 0 Å². The quantitative estimate of drug-likeness (QED) is 0.821. The summed E-state index contributed by atoms with van der Waals surface area (Å²) in [7, 11) is 0. The smallest absolute Gasteiger partial charge is 0.224 e. The first-order valence-corrected chi connectivity index (χ1v) is 10.0. The predicted molar refractivity (Wildman–Crippen MR) is 110 cm³/mol. The Morgan fingerprint density at radius 3 is 2.39 bits per heavy atom. The molecule has 0 spiro atoms. The van der Waals surface area contributed by atoms with Crippen LogP contribution in [0.2, 0.25) is 5.02 Å². The molecule has 1 aliphatic heterocycles. The Bertz CT molecular complexity index is 796. The molecular weight excluding hydrogens is 377 g/mol. The molecule has 0 bridgehead atoms. The van der Waals surface area contributed by atoms with E-state index < -0.39 is 0 Å². The Morgan fingerprint density at radius 1 is 1.11 bits per heavy atom. The van der Waals surface area contributed by atoms with E-state index in [2.05, 4.69) is 18.7 Å². The summed E-state index contributed by atoms with van der Waals surface area (Å²) in [5.41, 5.74) is 8.23. The molecule has 6 heteroatoms. The summed E-state index contributed by atoms with van der Waals surface area (Å²) < 4.78 is 13.1. The maximum absolute atomic E-state index is 13.1. The van der Waals surface area contributed by atoms with Gasteiger partial charge in [-0.05, 0) is 49.2 Å². The van der Waals surface area contributed by atoms with E-state index in [1.165, 1.54) is 12.1 Å². The zero-order chi connectivity index (χ0) is 20.3. The molecule has 1 aliphatic rings. The van der Waals surface area contributed by atoms with Crippen molar-refractivity contribution in [3.05, 3.63) is 70.5 Å². The molecule has 1 heterocycles. The lowest BCUT2D eigenvalue weighted by Gasteiger charge is -2.44. The molecule has 2 N–H and O–H groups in total. The molecule has 0 radical (unpaired) electrons. The first-order chi connectivity index (χ1) is 13.3. The lowest BCUT2D eigenvalue weighted by atomic mass is 10.0. The number of nitrogens with zero attached hydrogens (tertiary/aromatic N) is 2. The second-order valence-corrected chi connectivity index (χ2v) is 8.10. The molecule has 3 atom stereocenters. The molecule has 3 rings (SSSR count). The van der Waals surface area contributed by atoms with Crippen molar-refractivity contribution in [3.63, 3.8) is 0 Å². The molecule has 0 saturated carbocycles. The average molecular weight is 404 g/mol. The van der Waals surface area contributed by atoms with Crippen LogP contribution in [0.3, 0.4) is 0 Å². The summed E-state index contributed by atoms with van der Waals surface area (Å²) in [6.45, 7) is 6.37. The number of carbonyl (C=O) groups is 1. The number of benzene rings is 2. The maximum Gasteiger partial charge on any atom is 0.224 e. The fourth-order valence-electron chi connectivity index (χ4n) is 3.72. The van der Waals surface area contributed by atoms with E-state index >= 15 is 0 Å². The molecule has 2 aromatic rings. The van der Waals surface area contributed by atoms with Crippen LogP contribution in [0.4, 0.5) is 4.39 Å². The highest BCUT2D eigenvalue weighted by atomic mass is 35.5. The number of amides is 1. The number of hydrogen-bond donors (Lipinski definition) is 1. The van der Waals surface area contributed by atoms with Gasteiger partial charge in [0.2, 0.25) is 5.91 Å². The molecule has 28 heavy (non-hydrogen) atoms. The standard InChI is InChI=1S/C22H27ClFN3O/c1-15-13-27(22(28)11-21(25)18-5-7-19(23)8-6-18)16(2)12-26(15)14-17-3-9-20(24)10-4-17/h3-10,15-16,21H,11-14,25H2,1-2H3.